The van der Waals surface area contributed by atoms with Crippen molar-refractivity contribution in [2.24, 2.45) is 0 Å². The molecule has 0 bridgehead atoms. The van der Waals surface area contributed by atoms with Gasteiger partial charge in [-0.15, -0.1) is 0 Å². The average Bonchev–Trinajstić information content (AvgIpc) is 2.29. The summed E-state index contributed by atoms with van der Waals surface area (Å²) in [4.78, 5) is 2.42. The lowest BCUT2D eigenvalue weighted by molar-refractivity contribution is 0.281. The summed E-state index contributed by atoms with van der Waals surface area (Å²) in [7, 11) is 2.21. The molecule has 2 heteroatoms. The Balaban J connectivity index is 1.92. The smallest absolute Gasteiger partial charge is 0.0238 e. The summed E-state index contributed by atoms with van der Waals surface area (Å²) < 4.78 is 0. The highest BCUT2D eigenvalue weighted by Crippen LogP contribution is 2.16. The van der Waals surface area contributed by atoms with Gasteiger partial charge in [-0.3, -0.25) is 0 Å². The van der Waals surface area contributed by atoms with Crippen LogP contribution in [-0.4, -0.2) is 31.1 Å². The maximum atomic E-state index is 3.62. The van der Waals surface area contributed by atoms with E-state index in [1.165, 1.54) is 30.5 Å². The van der Waals surface area contributed by atoms with Gasteiger partial charge in [0.05, 0.1) is 0 Å². The number of nitrogens with zero attached hydrogens (tertiary/aromatic N) is 1. The van der Waals surface area contributed by atoms with Crippen LogP contribution >= 0.6 is 0 Å². The summed E-state index contributed by atoms with van der Waals surface area (Å²) in [6.45, 7) is 5.61. The molecule has 88 valence electrons. The van der Waals surface area contributed by atoms with E-state index in [0.29, 0.717) is 6.04 Å². The van der Waals surface area contributed by atoms with Gasteiger partial charge in [-0.2, -0.15) is 0 Å². The Morgan fingerprint density at radius 2 is 2.06 bits per heavy atom. The van der Waals surface area contributed by atoms with Crippen molar-refractivity contribution in [2.75, 3.05) is 20.1 Å². The van der Waals surface area contributed by atoms with E-state index in [4.69, 9.17) is 0 Å². The third-order valence-electron chi connectivity index (χ3n) is 3.30. The van der Waals surface area contributed by atoms with Gasteiger partial charge < -0.3 is 10.2 Å². The molecule has 0 saturated heterocycles. The first-order valence-corrected chi connectivity index (χ1v) is 6.28. The van der Waals surface area contributed by atoms with Gasteiger partial charge in [0.1, 0.15) is 0 Å². The van der Waals surface area contributed by atoms with E-state index < -0.39 is 0 Å². The van der Waals surface area contributed by atoms with Gasteiger partial charge in [-0.05, 0) is 37.6 Å². The second-order valence-electron chi connectivity index (χ2n) is 4.81. The molecule has 16 heavy (non-hydrogen) atoms. The molecule has 1 aromatic rings. The van der Waals surface area contributed by atoms with Crippen LogP contribution in [0, 0.1) is 0 Å². The van der Waals surface area contributed by atoms with Crippen molar-refractivity contribution >= 4 is 0 Å². The van der Waals surface area contributed by atoms with Crippen LogP contribution in [0.15, 0.2) is 24.3 Å². The summed E-state index contributed by atoms with van der Waals surface area (Å²) in [6.07, 6.45) is 2.41. The molecule has 0 fully saturated rings. The van der Waals surface area contributed by atoms with Gasteiger partial charge in [0.15, 0.2) is 0 Å². The van der Waals surface area contributed by atoms with E-state index >= 15 is 0 Å². The van der Waals surface area contributed by atoms with Crippen LogP contribution < -0.4 is 5.32 Å². The molecule has 0 saturated carbocycles. The predicted molar refractivity (Wildman–Crippen MR) is 68.6 cm³/mol. The normalized spacial score (nSPS) is 19.8. The van der Waals surface area contributed by atoms with Crippen LogP contribution in [-0.2, 0) is 13.0 Å². The molecule has 2 nitrogen and oxygen atoms in total. The first-order chi connectivity index (χ1) is 7.79. The summed E-state index contributed by atoms with van der Waals surface area (Å²) in [5.74, 6) is 0. The molecule has 1 heterocycles. The molecular weight excluding hydrogens is 196 g/mol. The first kappa shape index (κ1) is 11.6. The zero-order valence-electron chi connectivity index (χ0n) is 10.4. The van der Waals surface area contributed by atoms with Crippen molar-refractivity contribution in [1.29, 1.82) is 0 Å². The van der Waals surface area contributed by atoms with Crippen molar-refractivity contribution in [2.45, 2.75) is 32.4 Å². The van der Waals surface area contributed by atoms with Crippen LogP contribution in [0.1, 0.15) is 24.5 Å². The first-order valence-electron chi connectivity index (χ1n) is 6.28. The number of hydrogen-bond acceptors (Lipinski definition) is 2. The summed E-state index contributed by atoms with van der Waals surface area (Å²) >= 11 is 0. The number of likely N-dealkylation sites (N-methyl/N-ethyl adjacent to an activating group) is 1. The number of nitrogens with one attached hydrogen (secondary N) is 1. The fourth-order valence-electron chi connectivity index (χ4n) is 2.50. The monoisotopic (exact) mass is 218 g/mol. The molecule has 1 aliphatic heterocycles. The molecule has 0 spiro atoms. The van der Waals surface area contributed by atoms with E-state index in [9.17, 15) is 0 Å². The highest BCUT2D eigenvalue weighted by Gasteiger charge is 2.18. The average molecular weight is 218 g/mol. The maximum absolute atomic E-state index is 3.62. The van der Waals surface area contributed by atoms with Crippen molar-refractivity contribution in [3.05, 3.63) is 35.4 Å². The fraction of sp³-hybridized carbons (Fsp3) is 0.571. The van der Waals surface area contributed by atoms with Gasteiger partial charge in [-0.25, -0.2) is 0 Å². The van der Waals surface area contributed by atoms with Crippen LogP contribution in [0.5, 0.6) is 0 Å². The largest absolute Gasteiger partial charge is 0.308 e. The lowest BCUT2D eigenvalue weighted by Crippen LogP contribution is -2.43. The number of fused-ring (bicyclic) bond motifs is 1. The zero-order chi connectivity index (χ0) is 11.4. The van der Waals surface area contributed by atoms with E-state index in [1.54, 1.807) is 0 Å². The minimum atomic E-state index is 0.617. The Morgan fingerprint density at radius 3 is 2.81 bits per heavy atom. The van der Waals surface area contributed by atoms with Crippen LogP contribution in [0.2, 0.25) is 0 Å². The van der Waals surface area contributed by atoms with Gasteiger partial charge in [0.2, 0.25) is 0 Å². The van der Waals surface area contributed by atoms with Gasteiger partial charge in [-0.1, -0.05) is 31.2 Å². The van der Waals surface area contributed by atoms with E-state index in [-0.39, 0.29) is 0 Å². The Labute approximate surface area is 98.7 Å². The Bertz CT molecular complexity index is 335. The summed E-state index contributed by atoms with van der Waals surface area (Å²) in [5, 5.41) is 3.62. The minimum Gasteiger partial charge on any atom is -0.308 e. The molecule has 1 N–H and O–H groups in total. The summed E-state index contributed by atoms with van der Waals surface area (Å²) in [6, 6.07) is 9.39. The van der Waals surface area contributed by atoms with E-state index in [1.807, 2.05) is 0 Å². The van der Waals surface area contributed by atoms with Crippen molar-refractivity contribution < 1.29 is 0 Å². The van der Waals surface area contributed by atoms with Crippen LogP contribution in [0.25, 0.3) is 0 Å². The highest BCUT2D eigenvalue weighted by molar-refractivity contribution is 5.29. The lowest BCUT2D eigenvalue weighted by atomic mass is 9.96. The molecule has 0 aromatic heterocycles. The number of hydrogen-bond donors (Lipinski definition) is 1. The Kier molecular flexibility index (Phi) is 3.97. The van der Waals surface area contributed by atoms with Crippen molar-refractivity contribution in [1.82, 2.24) is 10.2 Å². The molecule has 2 rings (SSSR count). The molecule has 0 aliphatic carbocycles. The van der Waals surface area contributed by atoms with Gasteiger partial charge in [0, 0.05) is 19.1 Å². The molecule has 1 unspecified atom stereocenters. The molecular formula is C14H22N2. The van der Waals surface area contributed by atoms with Gasteiger partial charge >= 0.3 is 0 Å². The third-order valence-corrected chi connectivity index (χ3v) is 3.30. The van der Waals surface area contributed by atoms with Crippen LogP contribution in [0.3, 0.4) is 0 Å². The SMILES string of the molecule is CCCN(C)CC1Cc2ccccc2CN1. The minimum absolute atomic E-state index is 0.617. The van der Waals surface area contributed by atoms with Gasteiger partial charge in [0.25, 0.3) is 0 Å². The number of benzene rings is 1. The molecule has 1 atom stereocenters. The third kappa shape index (κ3) is 2.83. The number of rotatable bonds is 4. The van der Waals surface area contributed by atoms with E-state index in [0.717, 1.165) is 13.1 Å². The van der Waals surface area contributed by atoms with Crippen molar-refractivity contribution in [3.63, 3.8) is 0 Å². The van der Waals surface area contributed by atoms with Crippen molar-refractivity contribution in [3.8, 4) is 0 Å². The van der Waals surface area contributed by atoms with E-state index in [2.05, 4.69) is 48.5 Å². The zero-order valence-corrected chi connectivity index (χ0v) is 10.4. The second-order valence-corrected chi connectivity index (χ2v) is 4.81. The quantitative estimate of drug-likeness (QED) is 0.832. The Hall–Kier alpha value is -0.860. The molecule has 1 aromatic carbocycles. The highest BCUT2D eigenvalue weighted by atomic mass is 15.1. The Morgan fingerprint density at radius 1 is 1.31 bits per heavy atom. The fourth-order valence-corrected chi connectivity index (χ4v) is 2.50. The standard InChI is InChI=1S/C14H22N2/c1-3-8-16(2)11-14-9-12-6-4-5-7-13(12)10-15-14/h4-7,14-15H,3,8-11H2,1-2H3. The topological polar surface area (TPSA) is 15.3 Å². The predicted octanol–water partition coefficient (Wildman–Crippen LogP) is 2.04. The second kappa shape index (κ2) is 5.46. The van der Waals surface area contributed by atoms with Crippen LogP contribution in [0.4, 0.5) is 0 Å². The lowest BCUT2D eigenvalue weighted by Gasteiger charge is -2.29. The molecule has 0 amide bonds. The molecule has 1 aliphatic rings. The molecule has 0 radical (unpaired) electrons. The summed E-state index contributed by atoms with van der Waals surface area (Å²) in [5.41, 5.74) is 2.99. The maximum Gasteiger partial charge on any atom is 0.0238 e.